The Morgan fingerprint density at radius 1 is 1.33 bits per heavy atom. The Morgan fingerprint density at radius 2 is 2.07 bits per heavy atom. The molecular weight excluding hydrogens is 371 g/mol. The second-order valence-corrected chi connectivity index (χ2v) is 9.75. The molecule has 27 heavy (non-hydrogen) atoms. The van der Waals surface area contributed by atoms with Crippen LogP contribution < -0.4 is 10.6 Å². The first-order valence-corrected chi connectivity index (χ1v) is 10.9. The number of halogens is 1. The van der Waals surface area contributed by atoms with Crippen molar-refractivity contribution in [2.45, 2.75) is 45.7 Å². The number of aryl methyl sites for hydroxylation is 1. The van der Waals surface area contributed by atoms with Crippen LogP contribution in [-0.4, -0.2) is 32.0 Å². The number of nitrogens with one attached hydrogen (secondary N) is 2. The van der Waals surface area contributed by atoms with E-state index in [0.717, 1.165) is 5.56 Å². The largest absolute Gasteiger partial charge is 0.459 e. The molecule has 6 nitrogen and oxygen atoms in total. The fourth-order valence-corrected chi connectivity index (χ4v) is 5.18. The van der Waals surface area contributed by atoms with Gasteiger partial charge in [0.1, 0.15) is 17.2 Å². The Labute approximate surface area is 158 Å². The Hall–Kier alpha value is -2.09. The molecule has 1 aliphatic rings. The van der Waals surface area contributed by atoms with Crippen molar-refractivity contribution in [3.63, 3.8) is 0 Å². The van der Waals surface area contributed by atoms with Gasteiger partial charge in [-0.15, -0.1) is 0 Å². The molecule has 0 spiro atoms. The minimum absolute atomic E-state index is 0.0231. The van der Waals surface area contributed by atoms with Gasteiger partial charge in [-0.1, -0.05) is 13.8 Å². The van der Waals surface area contributed by atoms with Crippen LogP contribution in [0.2, 0.25) is 0 Å². The summed E-state index contributed by atoms with van der Waals surface area (Å²) in [6, 6.07) is 3.10. The standard InChI is InChI=1S/C19H25FN2O4S/c1-11(2)17(18-12(3)15-9-13(20)6-7-16(15)26-18)22-19(23)21-14-5-4-8-27(24,25)10-14/h6-7,9,11,14,17H,4-5,8,10H2,1-3H3,(H2,21,22,23)/t14?,17-/m0/s1. The smallest absolute Gasteiger partial charge is 0.315 e. The summed E-state index contributed by atoms with van der Waals surface area (Å²) < 4.78 is 42.9. The Bertz CT molecular complexity index is 952. The molecule has 0 aliphatic carbocycles. The van der Waals surface area contributed by atoms with Gasteiger partial charge >= 0.3 is 6.03 Å². The third-order valence-corrected chi connectivity index (χ3v) is 6.79. The highest BCUT2D eigenvalue weighted by Crippen LogP contribution is 2.33. The summed E-state index contributed by atoms with van der Waals surface area (Å²) in [5.41, 5.74) is 1.35. The molecule has 0 bridgehead atoms. The van der Waals surface area contributed by atoms with Gasteiger partial charge in [-0.25, -0.2) is 17.6 Å². The predicted octanol–water partition coefficient (Wildman–Crippen LogP) is 3.45. The molecular formula is C19H25FN2O4S. The summed E-state index contributed by atoms with van der Waals surface area (Å²) in [5.74, 6) is 0.404. The van der Waals surface area contributed by atoms with Gasteiger partial charge in [-0.3, -0.25) is 0 Å². The van der Waals surface area contributed by atoms with Crippen molar-refractivity contribution in [1.82, 2.24) is 10.6 Å². The maximum absolute atomic E-state index is 13.5. The highest BCUT2D eigenvalue weighted by molar-refractivity contribution is 7.91. The van der Waals surface area contributed by atoms with E-state index >= 15 is 0 Å². The molecule has 8 heteroatoms. The van der Waals surface area contributed by atoms with E-state index in [2.05, 4.69) is 10.6 Å². The Kier molecular flexibility index (Phi) is 5.46. The van der Waals surface area contributed by atoms with E-state index in [1.807, 2.05) is 20.8 Å². The number of urea groups is 1. The molecule has 1 aromatic carbocycles. The van der Waals surface area contributed by atoms with Gasteiger partial charge in [0.2, 0.25) is 0 Å². The zero-order chi connectivity index (χ0) is 19.8. The van der Waals surface area contributed by atoms with Gasteiger partial charge in [0.15, 0.2) is 9.84 Å². The van der Waals surface area contributed by atoms with E-state index in [1.165, 1.54) is 12.1 Å². The van der Waals surface area contributed by atoms with Crippen LogP contribution in [0.4, 0.5) is 9.18 Å². The van der Waals surface area contributed by atoms with Crippen molar-refractivity contribution < 1.29 is 22.0 Å². The normalized spacial score (nSPS) is 20.6. The number of benzene rings is 1. The number of carbonyl (C=O) groups is 1. The van der Waals surface area contributed by atoms with Crippen molar-refractivity contribution in [1.29, 1.82) is 0 Å². The fraction of sp³-hybridized carbons (Fsp3) is 0.526. The Morgan fingerprint density at radius 3 is 2.74 bits per heavy atom. The lowest BCUT2D eigenvalue weighted by Crippen LogP contribution is -2.48. The number of carbonyl (C=O) groups excluding carboxylic acids is 1. The molecule has 2 aromatic rings. The molecule has 2 atom stereocenters. The highest BCUT2D eigenvalue weighted by Gasteiger charge is 2.29. The van der Waals surface area contributed by atoms with Crippen LogP contribution in [0.1, 0.15) is 44.1 Å². The fourth-order valence-electron chi connectivity index (χ4n) is 3.55. The predicted molar refractivity (Wildman–Crippen MR) is 102 cm³/mol. The molecule has 2 heterocycles. The van der Waals surface area contributed by atoms with E-state index < -0.39 is 21.9 Å². The van der Waals surface area contributed by atoms with E-state index in [0.29, 0.717) is 29.6 Å². The lowest BCUT2D eigenvalue weighted by atomic mass is 9.98. The zero-order valence-corrected chi connectivity index (χ0v) is 16.5. The van der Waals surface area contributed by atoms with E-state index in [9.17, 15) is 17.6 Å². The van der Waals surface area contributed by atoms with Crippen LogP contribution in [0.25, 0.3) is 11.0 Å². The van der Waals surface area contributed by atoms with Crippen molar-refractivity contribution in [3.05, 3.63) is 35.3 Å². The number of furan rings is 1. The van der Waals surface area contributed by atoms with Crippen LogP contribution in [0.5, 0.6) is 0 Å². The minimum atomic E-state index is -3.10. The lowest BCUT2D eigenvalue weighted by Gasteiger charge is -2.26. The summed E-state index contributed by atoms with van der Waals surface area (Å²) in [6.07, 6.45) is 1.19. The maximum Gasteiger partial charge on any atom is 0.315 e. The first kappa shape index (κ1) is 19.7. The first-order valence-electron chi connectivity index (χ1n) is 9.12. The van der Waals surface area contributed by atoms with Gasteiger partial charge < -0.3 is 15.1 Å². The second-order valence-electron chi connectivity index (χ2n) is 7.52. The number of hydrogen-bond acceptors (Lipinski definition) is 4. The lowest BCUT2D eigenvalue weighted by molar-refractivity contribution is 0.226. The number of fused-ring (bicyclic) bond motifs is 1. The van der Waals surface area contributed by atoms with E-state index in [-0.39, 0.29) is 29.3 Å². The summed E-state index contributed by atoms with van der Waals surface area (Å²) in [5, 5.41) is 6.33. The van der Waals surface area contributed by atoms with Crippen LogP contribution in [-0.2, 0) is 9.84 Å². The van der Waals surface area contributed by atoms with Gasteiger partial charge in [0.25, 0.3) is 0 Å². The van der Waals surface area contributed by atoms with Crippen LogP contribution in [0.15, 0.2) is 22.6 Å². The summed E-state index contributed by atoms with van der Waals surface area (Å²) >= 11 is 0. The van der Waals surface area contributed by atoms with Crippen molar-refractivity contribution in [2.24, 2.45) is 5.92 Å². The number of amides is 2. The van der Waals surface area contributed by atoms with Gasteiger partial charge in [-0.05, 0) is 43.9 Å². The first-order chi connectivity index (χ1) is 12.7. The molecule has 1 fully saturated rings. The summed E-state index contributed by atoms with van der Waals surface area (Å²) in [6.45, 7) is 5.73. The molecule has 1 unspecified atom stereocenters. The van der Waals surface area contributed by atoms with E-state index in [4.69, 9.17) is 4.42 Å². The van der Waals surface area contributed by atoms with Crippen LogP contribution in [0.3, 0.4) is 0 Å². The van der Waals surface area contributed by atoms with Crippen LogP contribution in [0, 0.1) is 18.7 Å². The molecule has 2 N–H and O–H groups in total. The van der Waals surface area contributed by atoms with Gasteiger partial charge in [0.05, 0.1) is 17.5 Å². The third kappa shape index (κ3) is 4.43. The second kappa shape index (κ2) is 7.50. The minimum Gasteiger partial charge on any atom is -0.459 e. The molecule has 0 saturated carbocycles. The monoisotopic (exact) mass is 396 g/mol. The SMILES string of the molecule is Cc1c([C@@H](NC(=O)NC2CCCS(=O)(=O)C2)C(C)C)oc2ccc(F)cc12. The third-order valence-electron chi connectivity index (χ3n) is 4.97. The number of rotatable bonds is 4. The maximum atomic E-state index is 13.5. The van der Waals surface area contributed by atoms with Crippen molar-refractivity contribution >= 4 is 26.8 Å². The summed E-state index contributed by atoms with van der Waals surface area (Å²) in [4.78, 5) is 12.5. The van der Waals surface area contributed by atoms with Crippen LogP contribution >= 0.6 is 0 Å². The quantitative estimate of drug-likeness (QED) is 0.828. The zero-order valence-electron chi connectivity index (χ0n) is 15.7. The van der Waals surface area contributed by atoms with Crippen molar-refractivity contribution in [2.75, 3.05) is 11.5 Å². The molecule has 1 saturated heterocycles. The topological polar surface area (TPSA) is 88.4 Å². The molecule has 3 rings (SSSR count). The summed E-state index contributed by atoms with van der Waals surface area (Å²) in [7, 11) is -3.10. The van der Waals surface area contributed by atoms with Crippen molar-refractivity contribution in [3.8, 4) is 0 Å². The Balaban J connectivity index is 1.78. The highest BCUT2D eigenvalue weighted by atomic mass is 32.2. The average molecular weight is 396 g/mol. The molecule has 1 aliphatic heterocycles. The molecule has 0 radical (unpaired) electrons. The average Bonchev–Trinajstić information content (AvgIpc) is 2.88. The molecule has 148 valence electrons. The van der Waals surface area contributed by atoms with Gasteiger partial charge in [-0.2, -0.15) is 0 Å². The molecule has 1 aromatic heterocycles. The van der Waals surface area contributed by atoms with Gasteiger partial charge in [0, 0.05) is 17.0 Å². The number of hydrogen-bond donors (Lipinski definition) is 2. The van der Waals surface area contributed by atoms with E-state index in [1.54, 1.807) is 6.07 Å². The molecule has 2 amide bonds. The number of sulfone groups is 1.